The molecule has 0 bridgehead atoms. The summed E-state index contributed by atoms with van der Waals surface area (Å²) in [6.07, 6.45) is 8.49. The lowest BCUT2D eigenvalue weighted by Gasteiger charge is -2.36. The molecular weight excluding hydrogens is 314 g/mol. The summed E-state index contributed by atoms with van der Waals surface area (Å²) in [5, 5.41) is 15.9. The van der Waals surface area contributed by atoms with Gasteiger partial charge in [0.15, 0.2) is 0 Å². The van der Waals surface area contributed by atoms with Gasteiger partial charge in [-0.05, 0) is 57.1 Å². The minimum absolute atomic E-state index is 0.0866. The molecule has 25 heavy (non-hydrogen) atoms. The molecule has 5 heteroatoms. The van der Waals surface area contributed by atoms with Gasteiger partial charge >= 0.3 is 0 Å². The van der Waals surface area contributed by atoms with Gasteiger partial charge in [-0.3, -0.25) is 4.79 Å². The van der Waals surface area contributed by atoms with Crippen molar-refractivity contribution in [2.24, 2.45) is 5.92 Å². The van der Waals surface area contributed by atoms with Crippen molar-refractivity contribution < 1.29 is 9.90 Å². The van der Waals surface area contributed by atoms with Crippen LogP contribution in [0.4, 0.5) is 0 Å². The molecule has 1 aromatic rings. The van der Waals surface area contributed by atoms with E-state index >= 15 is 0 Å². The summed E-state index contributed by atoms with van der Waals surface area (Å²) in [4.78, 5) is 18.0. The largest absolute Gasteiger partial charge is 0.390 e. The number of hydrogen-bond donors (Lipinski definition) is 3. The average molecular weight is 345 g/mol. The van der Waals surface area contributed by atoms with Gasteiger partial charge in [-0.1, -0.05) is 13.8 Å². The number of H-pyrrole nitrogens is 1. The molecule has 1 fully saturated rings. The fourth-order valence-electron chi connectivity index (χ4n) is 3.96. The van der Waals surface area contributed by atoms with E-state index in [4.69, 9.17) is 0 Å². The first-order valence-electron chi connectivity index (χ1n) is 9.63. The summed E-state index contributed by atoms with van der Waals surface area (Å²) < 4.78 is 0. The molecule has 3 rings (SSSR count). The first kappa shape index (κ1) is 18.1. The van der Waals surface area contributed by atoms with E-state index in [0.29, 0.717) is 11.6 Å². The quantitative estimate of drug-likeness (QED) is 0.754. The minimum Gasteiger partial charge on any atom is -0.390 e. The third-order valence-electron chi connectivity index (χ3n) is 5.92. The topological polar surface area (TPSA) is 68.4 Å². The van der Waals surface area contributed by atoms with E-state index in [0.717, 1.165) is 55.8 Å². The zero-order valence-corrected chi connectivity index (χ0v) is 15.6. The standard InChI is InChI=1S/C20H31N3O2/c1-4-20(25,5-2)12-15-6-8-23(9-7-15)19(24)18-11-16-13-21-14(3)10-17(16)22-18/h10-11,13-15,21-22,25H,4-9,12H2,1-3H3. The van der Waals surface area contributed by atoms with Crippen molar-refractivity contribution in [2.45, 2.75) is 64.5 Å². The van der Waals surface area contributed by atoms with Crippen LogP contribution < -0.4 is 15.9 Å². The molecule has 0 aromatic carbocycles. The molecular formula is C20H31N3O2. The number of carbonyl (C=O) groups excluding carboxylic acids is 1. The summed E-state index contributed by atoms with van der Waals surface area (Å²) in [5.74, 6) is 0.598. The Morgan fingerprint density at radius 2 is 2.00 bits per heavy atom. The normalized spacial score (nSPS) is 21.1. The van der Waals surface area contributed by atoms with E-state index in [-0.39, 0.29) is 11.9 Å². The molecule has 5 nitrogen and oxygen atoms in total. The highest BCUT2D eigenvalue weighted by atomic mass is 16.3. The van der Waals surface area contributed by atoms with Crippen LogP contribution in [0.3, 0.4) is 0 Å². The second kappa shape index (κ2) is 7.24. The molecule has 3 N–H and O–H groups in total. The smallest absolute Gasteiger partial charge is 0.270 e. The van der Waals surface area contributed by atoms with E-state index in [1.165, 1.54) is 0 Å². The van der Waals surface area contributed by atoms with Gasteiger partial charge in [0.1, 0.15) is 5.69 Å². The Hall–Kier alpha value is -1.75. The van der Waals surface area contributed by atoms with Crippen LogP contribution in [0.15, 0.2) is 6.07 Å². The predicted octanol–water partition coefficient (Wildman–Crippen LogP) is 1.32. The van der Waals surface area contributed by atoms with E-state index < -0.39 is 5.60 Å². The minimum atomic E-state index is -0.537. The van der Waals surface area contributed by atoms with Gasteiger partial charge in [0.05, 0.1) is 5.60 Å². The Labute approximate surface area is 149 Å². The molecule has 0 aliphatic carbocycles. The summed E-state index contributed by atoms with van der Waals surface area (Å²) in [7, 11) is 0. The lowest BCUT2D eigenvalue weighted by molar-refractivity contribution is -0.00131. The maximum Gasteiger partial charge on any atom is 0.270 e. The zero-order chi connectivity index (χ0) is 18.0. The van der Waals surface area contributed by atoms with Crippen molar-refractivity contribution in [1.29, 1.82) is 0 Å². The van der Waals surface area contributed by atoms with Crippen LogP contribution in [0.1, 0.15) is 63.4 Å². The van der Waals surface area contributed by atoms with Crippen LogP contribution >= 0.6 is 0 Å². The van der Waals surface area contributed by atoms with Crippen LogP contribution in [0.2, 0.25) is 0 Å². The second-order valence-corrected chi connectivity index (χ2v) is 7.69. The Morgan fingerprint density at radius 3 is 2.64 bits per heavy atom. The van der Waals surface area contributed by atoms with Gasteiger partial charge in [-0.15, -0.1) is 0 Å². The van der Waals surface area contributed by atoms with Crippen molar-refractivity contribution >= 4 is 18.2 Å². The maximum absolute atomic E-state index is 12.8. The van der Waals surface area contributed by atoms with Gasteiger partial charge in [0.2, 0.25) is 0 Å². The number of amides is 1. The summed E-state index contributed by atoms with van der Waals surface area (Å²) in [6, 6.07) is 2.22. The van der Waals surface area contributed by atoms with E-state index in [2.05, 4.69) is 37.1 Å². The molecule has 2 aliphatic rings. The van der Waals surface area contributed by atoms with Crippen LogP contribution in [-0.4, -0.2) is 45.6 Å². The lowest BCUT2D eigenvalue weighted by atomic mass is 9.82. The van der Waals surface area contributed by atoms with E-state index in [1.807, 2.05) is 17.2 Å². The van der Waals surface area contributed by atoms with Crippen LogP contribution in [0, 0.1) is 5.92 Å². The lowest BCUT2D eigenvalue weighted by Crippen LogP contribution is -2.41. The van der Waals surface area contributed by atoms with Crippen LogP contribution in [0.25, 0.3) is 12.3 Å². The Morgan fingerprint density at radius 1 is 1.32 bits per heavy atom. The van der Waals surface area contributed by atoms with Gasteiger partial charge in [-0.25, -0.2) is 0 Å². The number of likely N-dealkylation sites (tertiary alicyclic amines) is 1. The summed E-state index contributed by atoms with van der Waals surface area (Å²) >= 11 is 0. The number of aromatic amines is 1. The molecule has 0 radical (unpaired) electrons. The Kier molecular flexibility index (Phi) is 5.23. The number of hydrogen-bond acceptors (Lipinski definition) is 3. The van der Waals surface area contributed by atoms with Gasteiger partial charge in [-0.2, -0.15) is 0 Å². The van der Waals surface area contributed by atoms with Crippen molar-refractivity contribution in [3.8, 4) is 0 Å². The first-order valence-corrected chi connectivity index (χ1v) is 9.63. The molecule has 1 saturated heterocycles. The molecule has 1 aromatic heterocycles. The van der Waals surface area contributed by atoms with Gasteiger partial charge in [0, 0.05) is 35.9 Å². The highest BCUT2D eigenvalue weighted by Crippen LogP contribution is 2.30. The van der Waals surface area contributed by atoms with Gasteiger partial charge in [0.25, 0.3) is 5.91 Å². The van der Waals surface area contributed by atoms with Gasteiger partial charge < -0.3 is 20.3 Å². The molecule has 138 valence electrons. The number of aliphatic hydroxyl groups is 1. The van der Waals surface area contributed by atoms with Crippen molar-refractivity contribution in [2.75, 3.05) is 13.1 Å². The number of aromatic nitrogens is 1. The number of piperidine rings is 1. The zero-order valence-electron chi connectivity index (χ0n) is 15.6. The number of nitrogens with one attached hydrogen (secondary N) is 2. The fourth-order valence-corrected chi connectivity index (χ4v) is 3.96. The predicted molar refractivity (Wildman–Crippen MR) is 100 cm³/mol. The monoisotopic (exact) mass is 345 g/mol. The number of fused-ring (bicyclic) bond motifs is 1. The molecule has 1 unspecified atom stereocenters. The maximum atomic E-state index is 12.8. The molecule has 0 spiro atoms. The Bertz CT molecular complexity index is 725. The third kappa shape index (κ3) is 3.92. The molecule has 0 saturated carbocycles. The third-order valence-corrected chi connectivity index (χ3v) is 5.92. The highest BCUT2D eigenvalue weighted by molar-refractivity contribution is 5.92. The molecule has 1 amide bonds. The first-order chi connectivity index (χ1) is 11.9. The highest BCUT2D eigenvalue weighted by Gasteiger charge is 2.31. The van der Waals surface area contributed by atoms with Crippen LogP contribution in [0.5, 0.6) is 0 Å². The number of rotatable bonds is 5. The molecule has 2 aliphatic heterocycles. The second-order valence-electron chi connectivity index (χ2n) is 7.69. The summed E-state index contributed by atoms with van der Waals surface area (Å²) in [6.45, 7) is 7.75. The van der Waals surface area contributed by atoms with Crippen LogP contribution in [-0.2, 0) is 0 Å². The molecule has 1 atom stereocenters. The SMILES string of the molecule is CCC(O)(CC)CC1CCN(C(=O)c2cc3c([nH]2)=CC(C)NC=3)CC1. The summed E-state index contributed by atoms with van der Waals surface area (Å²) in [5.41, 5.74) is 0.135. The average Bonchev–Trinajstić information content (AvgIpc) is 3.04. The van der Waals surface area contributed by atoms with Crippen molar-refractivity contribution in [3.63, 3.8) is 0 Å². The number of nitrogens with zero attached hydrogens (tertiary/aromatic N) is 1. The Balaban J connectivity index is 1.62. The van der Waals surface area contributed by atoms with Crippen molar-refractivity contribution in [3.05, 3.63) is 22.3 Å². The number of carbonyl (C=O) groups is 1. The van der Waals surface area contributed by atoms with E-state index in [1.54, 1.807) is 0 Å². The fraction of sp³-hybridized carbons (Fsp3) is 0.650. The van der Waals surface area contributed by atoms with E-state index in [9.17, 15) is 9.90 Å². The molecule has 3 heterocycles. The van der Waals surface area contributed by atoms with Crippen molar-refractivity contribution in [1.82, 2.24) is 15.2 Å².